The smallest absolute Gasteiger partial charge is 0.310 e. The Morgan fingerprint density at radius 1 is 0.400 bits per heavy atom. The maximum Gasteiger partial charge on any atom is 0.310 e. The molecule has 13 aliphatic rings. The van der Waals surface area contributed by atoms with Crippen molar-refractivity contribution in [3.05, 3.63) is 0 Å². The number of ketones is 2. The lowest BCUT2D eigenvalue weighted by atomic mass is 9.75. The lowest BCUT2D eigenvalue weighted by molar-refractivity contribution is -0.146. The van der Waals surface area contributed by atoms with Crippen LogP contribution >= 0.6 is 0 Å². The van der Waals surface area contributed by atoms with Gasteiger partial charge in [-0.05, 0) is 219 Å². The number of Topliss-reactive ketones (excluding diaryl/α,β-unsaturated/α-hetero) is 2. The summed E-state index contributed by atoms with van der Waals surface area (Å²) in [4.78, 5) is 83.9. The van der Waals surface area contributed by atoms with Crippen molar-refractivity contribution in [3.8, 4) is 0 Å². The van der Waals surface area contributed by atoms with E-state index in [4.69, 9.17) is 4.74 Å². The second-order valence-electron chi connectivity index (χ2n) is 32.2. The zero-order chi connectivity index (χ0) is 59.2. The predicted molar refractivity (Wildman–Crippen MR) is 335 cm³/mol. The summed E-state index contributed by atoms with van der Waals surface area (Å²) in [6, 6.07) is 0.204. The van der Waals surface area contributed by atoms with Crippen molar-refractivity contribution in [1.29, 1.82) is 0 Å². The topological polar surface area (TPSA) is 157 Å². The van der Waals surface area contributed by atoms with Gasteiger partial charge in [0.05, 0.1) is 32.7 Å². The van der Waals surface area contributed by atoms with Gasteiger partial charge in [-0.1, -0.05) is 124 Å². The van der Waals surface area contributed by atoms with Crippen molar-refractivity contribution in [2.45, 2.75) is 257 Å². The molecule has 85 heavy (non-hydrogen) atoms. The van der Waals surface area contributed by atoms with Crippen molar-refractivity contribution in [2.24, 2.45) is 93.7 Å². The maximum absolute atomic E-state index is 12.9. The monoisotopic (exact) mass is 1180 g/mol. The van der Waals surface area contributed by atoms with E-state index in [2.05, 4.69) is 51.4 Å². The van der Waals surface area contributed by atoms with Gasteiger partial charge in [-0.25, -0.2) is 0 Å². The number of methoxy groups -OCH3 is 1. The molecule has 3 heterocycles. The molecule has 3 saturated heterocycles. The highest BCUT2D eigenvalue weighted by atomic mass is 16.5. The third-order valence-corrected chi connectivity index (χ3v) is 25.9. The number of hydrogen-bond acceptors (Lipinski definition) is 10. The Kier molecular flexibility index (Phi) is 21.7. The van der Waals surface area contributed by atoms with Gasteiger partial charge in [0.1, 0.15) is 11.6 Å². The summed E-state index contributed by atoms with van der Waals surface area (Å²) in [7, 11) is 1.47. The number of piperidine rings is 3. The van der Waals surface area contributed by atoms with Gasteiger partial charge >= 0.3 is 5.97 Å². The summed E-state index contributed by atoms with van der Waals surface area (Å²) in [5.41, 5.74) is 0.972. The fraction of sp³-hybridized carbons (Fsp3) is 0.917. The predicted octanol–water partition coefficient (Wildman–Crippen LogP) is 11.7. The molecule has 13 heteroatoms. The van der Waals surface area contributed by atoms with E-state index in [1.165, 1.54) is 174 Å². The summed E-state index contributed by atoms with van der Waals surface area (Å²) >= 11 is 0. The first kappa shape index (κ1) is 63.7. The molecular formula is C72H118N6O7. The summed E-state index contributed by atoms with van der Waals surface area (Å²) in [6.07, 6.45) is 42.3. The number of fused-ring (bicyclic) bond motifs is 3. The lowest BCUT2D eigenvalue weighted by Gasteiger charge is -2.39. The number of carbonyl (C=O) groups excluding carboxylic acids is 6. The standard InChI is InChI=1S/C24H40N2O3.C24H38N2O2.C24H40N2O2/c1-29-24(28)21-15-19-9-5-6-10-20(19)23(21)25-22(27)16-26-13-11-18(12-14-26)17-7-3-2-4-8-17;27-21(16-26-13-11-24(12-14-26)9-3-4-10-24)25-22-19-6-2-1-5-18(19)15-20(22)23(28)17-7-8-17;1-24(2,3)18-10-12-26(13-11-18)15-21(27)25-22-19-7-5-4-6-17(19)14-20(22)23(28)16-8-9-16/h17-21,23H,2-16H2,1H3,(H,25,27);17-20,22H,1-16H2,(H,25,27);16-20,22H,4-15H2,1-3H3,(H,25,27). The van der Waals surface area contributed by atoms with E-state index in [9.17, 15) is 28.8 Å². The highest BCUT2D eigenvalue weighted by molar-refractivity contribution is 5.88. The quantitative estimate of drug-likeness (QED) is 0.135. The number of ether oxygens (including phenoxy) is 1. The van der Waals surface area contributed by atoms with Gasteiger partial charge in [-0.2, -0.15) is 0 Å². The van der Waals surface area contributed by atoms with Gasteiger partial charge in [0.15, 0.2) is 0 Å². The van der Waals surface area contributed by atoms with E-state index in [1.807, 2.05) is 0 Å². The lowest BCUT2D eigenvalue weighted by Crippen LogP contribution is -2.50. The summed E-state index contributed by atoms with van der Waals surface area (Å²) in [6.45, 7) is 14.8. The van der Waals surface area contributed by atoms with Crippen molar-refractivity contribution in [3.63, 3.8) is 0 Å². The number of nitrogens with one attached hydrogen (secondary N) is 3. The highest BCUT2D eigenvalue weighted by Gasteiger charge is 2.53. The third-order valence-electron chi connectivity index (χ3n) is 25.9. The minimum Gasteiger partial charge on any atom is -0.469 e. The first-order valence-corrected chi connectivity index (χ1v) is 36.3. The van der Waals surface area contributed by atoms with E-state index in [-0.39, 0.29) is 59.6 Å². The summed E-state index contributed by atoms with van der Waals surface area (Å²) < 4.78 is 5.07. The average molecular weight is 1180 g/mol. The fourth-order valence-electron chi connectivity index (χ4n) is 20.5. The number of nitrogens with zero attached hydrogens (tertiary/aromatic N) is 3. The molecule has 478 valence electrons. The van der Waals surface area contributed by atoms with Crippen LogP contribution < -0.4 is 16.0 Å². The summed E-state index contributed by atoms with van der Waals surface area (Å²) in [5.74, 6) is 7.89. The molecule has 0 aromatic heterocycles. The maximum atomic E-state index is 12.9. The molecule has 13 rings (SSSR count). The second-order valence-corrected chi connectivity index (χ2v) is 32.2. The van der Waals surface area contributed by atoms with Gasteiger partial charge < -0.3 is 20.7 Å². The van der Waals surface area contributed by atoms with Gasteiger partial charge in [-0.15, -0.1) is 0 Å². The number of likely N-dealkylation sites (tertiary alicyclic amines) is 3. The number of carbonyl (C=O) groups is 6. The Morgan fingerprint density at radius 2 is 0.753 bits per heavy atom. The summed E-state index contributed by atoms with van der Waals surface area (Å²) in [5, 5.41) is 10.1. The van der Waals surface area contributed by atoms with E-state index in [0.717, 1.165) is 108 Å². The first-order chi connectivity index (χ1) is 41.1. The number of esters is 1. The molecule has 0 radical (unpaired) electrons. The van der Waals surface area contributed by atoms with Gasteiger partial charge in [0, 0.05) is 41.8 Å². The molecule has 10 saturated carbocycles. The molecule has 12 atom stereocenters. The van der Waals surface area contributed by atoms with Crippen LogP contribution in [0, 0.1) is 93.7 Å². The van der Waals surface area contributed by atoms with Crippen molar-refractivity contribution in [2.75, 3.05) is 66.0 Å². The number of rotatable bonds is 15. The molecule has 3 aliphatic heterocycles. The average Bonchev–Trinajstić information content (AvgIpc) is 3.11. The van der Waals surface area contributed by atoms with Gasteiger partial charge in [0.25, 0.3) is 0 Å². The largest absolute Gasteiger partial charge is 0.469 e. The molecule has 3 N–H and O–H groups in total. The van der Waals surface area contributed by atoms with Crippen molar-refractivity contribution in [1.82, 2.24) is 30.7 Å². The zero-order valence-corrected chi connectivity index (χ0v) is 53.9. The van der Waals surface area contributed by atoms with E-state index in [0.29, 0.717) is 89.4 Å². The molecule has 1 spiro atoms. The van der Waals surface area contributed by atoms with Crippen LogP contribution in [-0.2, 0) is 33.5 Å². The zero-order valence-electron chi connectivity index (χ0n) is 53.9. The Bertz CT molecular complexity index is 2240. The van der Waals surface area contributed by atoms with Crippen LogP contribution in [0.3, 0.4) is 0 Å². The normalized spacial score (nSPS) is 35.7. The van der Waals surface area contributed by atoms with E-state index >= 15 is 0 Å². The Hall–Kier alpha value is -2.90. The Labute approximate surface area is 514 Å². The fourth-order valence-corrected chi connectivity index (χ4v) is 20.5. The molecule has 12 unspecified atom stereocenters. The van der Waals surface area contributed by atoms with Crippen LogP contribution in [0.2, 0.25) is 0 Å². The molecule has 10 aliphatic carbocycles. The van der Waals surface area contributed by atoms with Gasteiger partial charge in [0.2, 0.25) is 17.7 Å². The molecular weight excluding hydrogens is 1060 g/mol. The van der Waals surface area contributed by atoms with Crippen LogP contribution in [0.1, 0.15) is 239 Å². The minimum absolute atomic E-state index is 0.0278. The molecule has 3 amide bonds. The second kappa shape index (κ2) is 28.9. The molecule has 0 aromatic carbocycles. The van der Waals surface area contributed by atoms with Crippen LogP contribution in [0.4, 0.5) is 0 Å². The van der Waals surface area contributed by atoms with Crippen molar-refractivity contribution < 1.29 is 33.5 Å². The van der Waals surface area contributed by atoms with E-state index in [1.54, 1.807) is 0 Å². The van der Waals surface area contributed by atoms with Crippen LogP contribution in [0.25, 0.3) is 0 Å². The molecule has 0 bridgehead atoms. The first-order valence-electron chi connectivity index (χ1n) is 36.3. The Morgan fingerprint density at radius 3 is 1.16 bits per heavy atom. The number of amides is 3. The molecule has 13 fully saturated rings. The van der Waals surface area contributed by atoms with Gasteiger partial charge in [-0.3, -0.25) is 43.5 Å². The van der Waals surface area contributed by atoms with E-state index < -0.39 is 0 Å². The highest BCUT2D eigenvalue weighted by Crippen LogP contribution is 2.51. The molecule has 0 aromatic rings. The van der Waals surface area contributed by atoms with Crippen molar-refractivity contribution >= 4 is 35.3 Å². The van der Waals surface area contributed by atoms with Crippen LogP contribution in [0.5, 0.6) is 0 Å². The van der Waals surface area contributed by atoms with Crippen LogP contribution in [0.15, 0.2) is 0 Å². The Balaban J connectivity index is 0.000000133. The SMILES string of the molecule is CC(C)(C)C1CCN(CC(=O)NC2C(C(=O)C3CC3)CC3CCCCC32)CC1.COC(=O)C1CC2CCCCC2C1NC(=O)CN1CCC(C2CCCCC2)CC1.O=C(CN1CCC2(CCCC2)CC1)NC1C(C(=O)C2CC2)CC2CCCCC21. The number of hydrogen-bond donors (Lipinski definition) is 3. The third kappa shape index (κ3) is 16.2. The van der Waals surface area contributed by atoms with Crippen LogP contribution in [-0.4, -0.2) is 134 Å². The molecule has 13 nitrogen and oxygen atoms in total. The minimum atomic E-state index is -0.158.